The maximum Gasteiger partial charge on any atom is 0.267 e. The molecule has 1 aliphatic carbocycles. The van der Waals surface area contributed by atoms with Crippen LogP contribution in [-0.4, -0.2) is 22.8 Å². The van der Waals surface area contributed by atoms with E-state index in [1.54, 1.807) is 24.4 Å². The van der Waals surface area contributed by atoms with Gasteiger partial charge in [0.25, 0.3) is 5.91 Å². The standard InChI is InChI=1S/C17H20N4O2S/c1-10-6-7-11(15(18)22)8-13(10)21-16(23)14-9-19-17(24-14)20-12-4-2-3-5-12/h6-9,12H,2-5H2,1H3,(H2,18,22)(H,19,20)(H,21,23). The van der Waals surface area contributed by atoms with Crippen LogP contribution < -0.4 is 16.4 Å². The van der Waals surface area contributed by atoms with E-state index in [2.05, 4.69) is 15.6 Å². The predicted molar refractivity (Wildman–Crippen MR) is 95.6 cm³/mol. The molecule has 3 rings (SSSR count). The Balaban J connectivity index is 1.70. The maximum absolute atomic E-state index is 12.4. The van der Waals surface area contributed by atoms with Crippen LogP contribution in [0, 0.1) is 6.92 Å². The molecular formula is C17H20N4O2S. The fourth-order valence-electron chi connectivity index (χ4n) is 2.78. The average Bonchev–Trinajstić information content (AvgIpc) is 3.21. The first kappa shape index (κ1) is 16.4. The van der Waals surface area contributed by atoms with Gasteiger partial charge in [-0.2, -0.15) is 0 Å². The molecule has 7 heteroatoms. The third kappa shape index (κ3) is 3.73. The summed E-state index contributed by atoms with van der Waals surface area (Å²) in [7, 11) is 0. The molecule has 1 aromatic heterocycles. The zero-order valence-corrected chi connectivity index (χ0v) is 14.3. The first-order valence-electron chi connectivity index (χ1n) is 7.97. The zero-order chi connectivity index (χ0) is 17.1. The Bertz CT molecular complexity index is 766. The number of primary amides is 1. The third-order valence-corrected chi connectivity index (χ3v) is 5.11. The molecule has 0 bridgehead atoms. The van der Waals surface area contributed by atoms with Crippen LogP contribution in [0.5, 0.6) is 0 Å². The second-order valence-corrected chi connectivity index (χ2v) is 7.03. The van der Waals surface area contributed by atoms with Gasteiger partial charge in [0.2, 0.25) is 5.91 Å². The minimum atomic E-state index is -0.522. The molecule has 0 radical (unpaired) electrons. The Morgan fingerprint density at radius 2 is 2.04 bits per heavy atom. The fourth-order valence-corrected chi connectivity index (χ4v) is 3.57. The van der Waals surface area contributed by atoms with Gasteiger partial charge in [0.1, 0.15) is 4.88 Å². The van der Waals surface area contributed by atoms with E-state index in [9.17, 15) is 9.59 Å². The van der Waals surface area contributed by atoms with E-state index >= 15 is 0 Å². The Morgan fingerprint density at radius 3 is 2.75 bits per heavy atom. The Hall–Kier alpha value is -2.41. The Labute approximate surface area is 144 Å². The highest BCUT2D eigenvalue weighted by molar-refractivity contribution is 7.17. The van der Waals surface area contributed by atoms with Crippen LogP contribution in [-0.2, 0) is 0 Å². The van der Waals surface area contributed by atoms with E-state index < -0.39 is 5.91 Å². The molecule has 0 saturated heterocycles. The second-order valence-electron chi connectivity index (χ2n) is 6.00. The molecule has 1 aromatic carbocycles. The number of hydrogen-bond acceptors (Lipinski definition) is 5. The van der Waals surface area contributed by atoms with Crippen molar-refractivity contribution >= 4 is 34.0 Å². The lowest BCUT2D eigenvalue weighted by Crippen LogP contribution is -2.15. The highest BCUT2D eigenvalue weighted by Gasteiger charge is 2.18. The Morgan fingerprint density at radius 1 is 1.29 bits per heavy atom. The largest absolute Gasteiger partial charge is 0.366 e. The summed E-state index contributed by atoms with van der Waals surface area (Å²) in [5.74, 6) is -0.761. The van der Waals surface area contributed by atoms with E-state index in [4.69, 9.17) is 5.73 Å². The SMILES string of the molecule is Cc1ccc(C(N)=O)cc1NC(=O)c1cnc(NC2CCCC2)s1. The number of nitrogens with two attached hydrogens (primary N) is 1. The number of nitrogens with one attached hydrogen (secondary N) is 2. The lowest BCUT2D eigenvalue weighted by atomic mass is 10.1. The van der Waals surface area contributed by atoms with E-state index in [0.29, 0.717) is 22.2 Å². The summed E-state index contributed by atoms with van der Waals surface area (Å²) in [6.45, 7) is 1.86. The topological polar surface area (TPSA) is 97.1 Å². The molecule has 0 aliphatic heterocycles. The molecule has 4 N–H and O–H groups in total. The van der Waals surface area contributed by atoms with Crippen LogP contribution >= 0.6 is 11.3 Å². The zero-order valence-electron chi connectivity index (χ0n) is 13.5. The Kier molecular flexibility index (Phi) is 4.80. The number of rotatable bonds is 5. The van der Waals surface area contributed by atoms with Crippen molar-refractivity contribution in [2.75, 3.05) is 10.6 Å². The number of aromatic nitrogens is 1. The van der Waals surface area contributed by atoms with Crippen molar-refractivity contribution in [1.82, 2.24) is 4.98 Å². The van der Waals surface area contributed by atoms with Crippen molar-refractivity contribution in [2.45, 2.75) is 38.6 Å². The van der Waals surface area contributed by atoms with Gasteiger partial charge in [-0.3, -0.25) is 9.59 Å². The van der Waals surface area contributed by atoms with E-state index in [-0.39, 0.29) is 5.91 Å². The summed E-state index contributed by atoms with van der Waals surface area (Å²) in [4.78, 5) is 28.5. The quantitative estimate of drug-likeness (QED) is 0.776. The molecule has 1 aliphatic rings. The molecule has 1 heterocycles. The van der Waals surface area contributed by atoms with Crippen LogP contribution in [0.4, 0.5) is 10.8 Å². The molecule has 6 nitrogen and oxygen atoms in total. The van der Waals surface area contributed by atoms with Crippen molar-refractivity contribution in [1.29, 1.82) is 0 Å². The minimum Gasteiger partial charge on any atom is -0.366 e. The van der Waals surface area contributed by atoms with Gasteiger partial charge < -0.3 is 16.4 Å². The van der Waals surface area contributed by atoms with Crippen LogP contribution in [0.2, 0.25) is 0 Å². The fraction of sp³-hybridized carbons (Fsp3) is 0.353. The second kappa shape index (κ2) is 7.00. The highest BCUT2D eigenvalue weighted by Crippen LogP contribution is 2.26. The van der Waals surface area contributed by atoms with Gasteiger partial charge in [-0.1, -0.05) is 30.2 Å². The number of aryl methyl sites for hydroxylation is 1. The number of anilines is 2. The molecule has 1 fully saturated rings. The predicted octanol–water partition coefficient (Wildman–Crippen LogP) is 3.16. The number of thiazole rings is 1. The first-order chi connectivity index (χ1) is 11.5. The van der Waals surface area contributed by atoms with Crippen LogP contribution in [0.25, 0.3) is 0 Å². The van der Waals surface area contributed by atoms with Crippen LogP contribution in [0.1, 0.15) is 51.3 Å². The number of hydrogen-bond donors (Lipinski definition) is 3. The van der Waals surface area contributed by atoms with E-state index in [0.717, 1.165) is 23.5 Å². The molecule has 24 heavy (non-hydrogen) atoms. The van der Waals surface area contributed by atoms with Crippen LogP contribution in [0.15, 0.2) is 24.4 Å². The summed E-state index contributed by atoms with van der Waals surface area (Å²) in [5, 5.41) is 6.98. The molecule has 0 atom stereocenters. The molecule has 0 unspecified atom stereocenters. The first-order valence-corrected chi connectivity index (χ1v) is 8.79. The number of amides is 2. The number of carbonyl (C=O) groups is 2. The van der Waals surface area contributed by atoms with Gasteiger partial charge >= 0.3 is 0 Å². The van der Waals surface area contributed by atoms with Crippen molar-refractivity contribution in [3.63, 3.8) is 0 Å². The third-order valence-electron chi connectivity index (χ3n) is 4.18. The van der Waals surface area contributed by atoms with Gasteiger partial charge in [-0.25, -0.2) is 4.98 Å². The summed E-state index contributed by atoms with van der Waals surface area (Å²) in [6, 6.07) is 5.45. The highest BCUT2D eigenvalue weighted by atomic mass is 32.1. The summed E-state index contributed by atoms with van der Waals surface area (Å²) >= 11 is 1.34. The van der Waals surface area contributed by atoms with Gasteiger partial charge in [0, 0.05) is 17.3 Å². The minimum absolute atomic E-state index is 0.239. The summed E-state index contributed by atoms with van der Waals surface area (Å²) in [6.07, 6.45) is 6.36. The van der Waals surface area contributed by atoms with E-state index in [1.165, 1.54) is 24.2 Å². The van der Waals surface area contributed by atoms with Crippen molar-refractivity contribution in [2.24, 2.45) is 5.73 Å². The lowest BCUT2D eigenvalue weighted by Gasteiger charge is -2.09. The lowest BCUT2D eigenvalue weighted by molar-refractivity contribution is 0.0996. The molecule has 1 saturated carbocycles. The molecular weight excluding hydrogens is 324 g/mol. The maximum atomic E-state index is 12.4. The summed E-state index contributed by atoms with van der Waals surface area (Å²) < 4.78 is 0. The van der Waals surface area contributed by atoms with Crippen molar-refractivity contribution in [3.05, 3.63) is 40.4 Å². The van der Waals surface area contributed by atoms with E-state index in [1.807, 2.05) is 6.92 Å². The van der Waals surface area contributed by atoms with Gasteiger partial charge in [0.05, 0.1) is 6.20 Å². The number of nitrogens with zero attached hydrogens (tertiary/aromatic N) is 1. The number of benzene rings is 1. The van der Waals surface area contributed by atoms with Crippen molar-refractivity contribution in [3.8, 4) is 0 Å². The molecule has 2 aromatic rings. The van der Waals surface area contributed by atoms with Gasteiger partial charge in [-0.15, -0.1) is 0 Å². The molecule has 0 spiro atoms. The smallest absolute Gasteiger partial charge is 0.267 e. The van der Waals surface area contributed by atoms with Gasteiger partial charge in [-0.05, 0) is 37.5 Å². The number of carbonyl (C=O) groups excluding carboxylic acids is 2. The normalized spacial score (nSPS) is 14.5. The monoisotopic (exact) mass is 344 g/mol. The summed E-state index contributed by atoms with van der Waals surface area (Å²) in [5.41, 5.74) is 7.09. The van der Waals surface area contributed by atoms with Crippen molar-refractivity contribution < 1.29 is 9.59 Å². The molecule has 2 amide bonds. The average molecular weight is 344 g/mol. The van der Waals surface area contributed by atoms with Gasteiger partial charge in [0.15, 0.2) is 5.13 Å². The van der Waals surface area contributed by atoms with Crippen LogP contribution in [0.3, 0.4) is 0 Å². The molecule has 126 valence electrons.